The molecule has 0 aliphatic carbocycles. The van der Waals surface area contributed by atoms with Crippen LogP contribution in [0.2, 0.25) is 0 Å². The standard InChI is InChI=1S/C12H19N3O/c1-12(2)5-3-7-15(9-12)11-13-6-4-10(8-16)14-11/h4,6,16H,3,5,7-9H2,1-2H3. The van der Waals surface area contributed by atoms with E-state index in [2.05, 4.69) is 28.7 Å². The summed E-state index contributed by atoms with van der Waals surface area (Å²) in [5.41, 5.74) is 1.02. The lowest BCUT2D eigenvalue weighted by atomic mass is 9.84. The molecular formula is C12H19N3O. The minimum absolute atomic E-state index is 0.0211. The van der Waals surface area contributed by atoms with Crippen LogP contribution in [0.1, 0.15) is 32.4 Å². The van der Waals surface area contributed by atoms with Crippen LogP contribution in [0.5, 0.6) is 0 Å². The fourth-order valence-electron chi connectivity index (χ4n) is 2.22. The second-order valence-corrected chi connectivity index (χ2v) is 5.20. The summed E-state index contributed by atoms with van der Waals surface area (Å²) in [6.07, 6.45) is 4.15. The number of aliphatic hydroxyl groups is 1. The highest BCUT2D eigenvalue weighted by Gasteiger charge is 2.27. The molecule has 88 valence electrons. The molecule has 0 bridgehead atoms. The van der Waals surface area contributed by atoms with Gasteiger partial charge in [-0.3, -0.25) is 0 Å². The van der Waals surface area contributed by atoms with Gasteiger partial charge in [-0.25, -0.2) is 9.97 Å². The molecule has 0 amide bonds. The van der Waals surface area contributed by atoms with Crippen LogP contribution < -0.4 is 4.90 Å². The van der Waals surface area contributed by atoms with E-state index in [1.807, 2.05) is 0 Å². The topological polar surface area (TPSA) is 49.2 Å². The van der Waals surface area contributed by atoms with Crippen LogP contribution in [0.3, 0.4) is 0 Å². The molecule has 1 aromatic heterocycles. The van der Waals surface area contributed by atoms with Crippen LogP contribution >= 0.6 is 0 Å². The lowest BCUT2D eigenvalue weighted by Crippen LogP contribution is -2.41. The summed E-state index contributed by atoms with van der Waals surface area (Å²) < 4.78 is 0. The van der Waals surface area contributed by atoms with Gasteiger partial charge in [0.05, 0.1) is 12.3 Å². The van der Waals surface area contributed by atoms with Crippen molar-refractivity contribution in [3.8, 4) is 0 Å². The second-order valence-electron chi connectivity index (χ2n) is 5.20. The first-order valence-corrected chi connectivity index (χ1v) is 5.78. The lowest BCUT2D eigenvalue weighted by Gasteiger charge is -2.38. The van der Waals surface area contributed by atoms with Gasteiger partial charge in [0, 0.05) is 19.3 Å². The maximum absolute atomic E-state index is 9.05. The molecule has 1 saturated heterocycles. The Hall–Kier alpha value is -1.16. The van der Waals surface area contributed by atoms with E-state index in [4.69, 9.17) is 5.11 Å². The first kappa shape index (κ1) is 11.3. The van der Waals surface area contributed by atoms with E-state index in [9.17, 15) is 0 Å². The van der Waals surface area contributed by atoms with Crippen molar-refractivity contribution in [3.05, 3.63) is 18.0 Å². The third-order valence-electron chi connectivity index (χ3n) is 3.05. The summed E-state index contributed by atoms with van der Waals surface area (Å²) in [5.74, 6) is 0.749. The Morgan fingerprint density at radius 1 is 1.50 bits per heavy atom. The number of piperidine rings is 1. The van der Waals surface area contributed by atoms with Gasteiger partial charge in [-0.2, -0.15) is 0 Å². The van der Waals surface area contributed by atoms with Gasteiger partial charge in [-0.05, 0) is 24.3 Å². The van der Waals surface area contributed by atoms with Crippen molar-refractivity contribution < 1.29 is 5.11 Å². The zero-order valence-corrected chi connectivity index (χ0v) is 9.98. The highest BCUT2D eigenvalue weighted by molar-refractivity contribution is 5.31. The van der Waals surface area contributed by atoms with Gasteiger partial charge in [0.15, 0.2) is 0 Å². The molecule has 1 aliphatic rings. The summed E-state index contributed by atoms with van der Waals surface area (Å²) >= 11 is 0. The molecule has 0 radical (unpaired) electrons. The summed E-state index contributed by atoms with van der Waals surface area (Å²) in [6.45, 7) is 6.52. The van der Waals surface area contributed by atoms with Gasteiger partial charge in [0.25, 0.3) is 0 Å². The SMILES string of the molecule is CC1(C)CCCN(c2nccc(CO)n2)C1. The molecule has 1 fully saturated rings. The Balaban J connectivity index is 2.16. The lowest BCUT2D eigenvalue weighted by molar-refractivity contribution is 0.275. The molecule has 0 saturated carbocycles. The predicted molar refractivity (Wildman–Crippen MR) is 63.2 cm³/mol. The number of aliphatic hydroxyl groups excluding tert-OH is 1. The van der Waals surface area contributed by atoms with Gasteiger partial charge >= 0.3 is 0 Å². The summed E-state index contributed by atoms with van der Waals surface area (Å²) in [7, 11) is 0. The van der Waals surface area contributed by atoms with Crippen LogP contribution in [0.15, 0.2) is 12.3 Å². The van der Waals surface area contributed by atoms with E-state index >= 15 is 0 Å². The molecule has 4 heteroatoms. The molecule has 16 heavy (non-hydrogen) atoms. The maximum Gasteiger partial charge on any atom is 0.225 e. The number of aromatic nitrogens is 2. The minimum atomic E-state index is -0.0211. The largest absolute Gasteiger partial charge is 0.390 e. The van der Waals surface area contributed by atoms with Crippen molar-refractivity contribution >= 4 is 5.95 Å². The monoisotopic (exact) mass is 221 g/mol. The first-order valence-electron chi connectivity index (χ1n) is 5.78. The van der Waals surface area contributed by atoms with Crippen molar-refractivity contribution in [2.45, 2.75) is 33.3 Å². The van der Waals surface area contributed by atoms with Crippen LogP contribution in [0.4, 0.5) is 5.95 Å². The average molecular weight is 221 g/mol. The molecule has 1 N–H and O–H groups in total. The van der Waals surface area contributed by atoms with Crippen molar-refractivity contribution in [3.63, 3.8) is 0 Å². The molecule has 2 heterocycles. The van der Waals surface area contributed by atoms with Gasteiger partial charge < -0.3 is 10.0 Å². The van der Waals surface area contributed by atoms with Crippen molar-refractivity contribution in [1.82, 2.24) is 9.97 Å². The number of anilines is 1. The Bertz CT molecular complexity index is 365. The normalized spacial score (nSPS) is 19.8. The summed E-state index contributed by atoms with van der Waals surface area (Å²) in [5, 5.41) is 9.05. The van der Waals surface area contributed by atoms with Gasteiger partial charge in [0.2, 0.25) is 5.95 Å². The molecule has 1 aromatic rings. The highest BCUT2D eigenvalue weighted by Crippen LogP contribution is 2.29. The third kappa shape index (κ3) is 2.50. The quantitative estimate of drug-likeness (QED) is 0.824. The predicted octanol–water partition coefficient (Wildman–Crippen LogP) is 1.60. The summed E-state index contributed by atoms with van der Waals surface area (Å²) in [6, 6.07) is 1.75. The van der Waals surface area contributed by atoms with Crippen LogP contribution in [-0.4, -0.2) is 28.2 Å². The van der Waals surface area contributed by atoms with E-state index < -0.39 is 0 Å². The van der Waals surface area contributed by atoms with Crippen LogP contribution in [0, 0.1) is 5.41 Å². The number of hydrogen-bond donors (Lipinski definition) is 1. The molecule has 4 nitrogen and oxygen atoms in total. The zero-order chi connectivity index (χ0) is 11.6. The molecule has 0 unspecified atom stereocenters. The maximum atomic E-state index is 9.05. The van der Waals surface area contributed by atoms with E-state index in [1.54, 1.807) is 12.3 Å². The van der Waals surface area contributed by atoms with E-state index in [-0.39, 0.29) is 6.61 Å². The Morgan fingerprint density at radius 2 is 2.31 bits per heavy atom. The van der Waals surface area contributed by atoms with Crippen molar-refractivity contribution in [1.29, 1.82) is 0 Å². The van der Waals surface area contributed by atoms with Crippen molar-refractivity contribution in [2.24, 2.45) is 5.41 Å². The molecule has 1 aliphatic heterocycles. The van der Waals surface area contributed by atoms with Gasteiger partial charge in [-0.15, -0.1) is 0 Å². The van der Waals surface area contributed by atoms with E-state index in [1.165, 1.54) is 12.8 Å². The smallest absolute Gasteiger partial charge is 0.225 e. The van der Waals surface area contributed by atoms with Gasteiger partial charge in [-0.1, -0.05) is 13.8 Å². The minimum Gasteiger partial charge on any atom is -0.390 e. The molecule has 0 atom stereocenters. The first-order chi connectivity index (χ1) is 7.61. The summed E-state index contributed by atoms with van der Waals surface area (Å²) in [4.78, 5) is 10.8. The molecule has 0 spiro atoms. The van der Waals surface area contributed by atoms with E-state index in [0.29, 0.717) is 11.1 Å². The molecular weight excluding hydrogens is 202 g/mol. The highest BCUT2D eigenvalue weighted by atomic mass is 16.3. The fraction of sp³-hybridized carbons (Fsp3) is 0.667. The van der Waals surface area contributed by atoms with Crippen LogP contribution in [-0.2, 0) is 6.61 Å². The molecule has 0 aromatic carbocycles. The van der Waals surface area contributed by atoms with Crippen molar-refractivity contribution in [2.75, 3.05) is 18.0 Å². The van der Waals surface area contributed by atoms with E-state index in [0.717, 1.165) is 19.0 Å². The zero-order valence-electron chi connectivity index (χ0n) is 9.98. The Morgan fingerprint density at radius 3 is 3.00 bits per heavy atom. The Kier molecular flexibility index (Phi) is 3.10. The fourth-order valence-corrected chi connectivity index (χ4v) is 2.22. The number of rotatable bonds is 2. The second kappa shape index (κ2) is 4.37. The number of nitrogens with zero attached hydrogens (tertiary/aromatic N) is 3. The average Bonchev–Trinajstić information content (AvgIpc) is 2.28. The van der Waals surface area contributed by atoms with Gasteiger partial charge in [0.1, 0.15) is 0 Å². The third-order valence-corrected chi connectivity index (χ3v) is 3.05. The number of hydrogen-bond acceptors (Lipinski definition) is 4. The Labute approximate surface area is 96.3 Å². The van der Waals surface area contributed by atoms with Crippen LogP contribution in [0.25, 0.3) is 0 Å². The molecule has 2 rings (SSSR count).